The van der Waals surface area contributed by atoms with E-state index in [1.807, 2.05) is 17.4 Å². The summed E-state index contributed by atoms with van der Waals surface area (Å²) in [6, 6.07) is 102. The molecule has 0 N–H and O–H groups in total. The Morgan fingerprint density at radius 3 is 1.00 bits per heavy atom. The summed E-state index contributed by atoms with van der Waals surface area (Å²) in [7, 11) is 0. The highest BCUT2D eigenvalue weighted by atomic mass is 32.1. The normalized spacial score (nSPS) is 24.8. The third-order valence-corrected chi connectivity index (χ3v) is 28.0. The van der Waals surface area contributed by atoms with Gasteiger partial charge in [0, 0.05) is 41.8 Å². The van der Waals surface area contributed by atoms with Crippen LogP contribution in [0.5, 0.6) is 0 Å². The molecule has 10 aliphatic carbocycles. The highest BCUT2D eigenvalue weighted by Crippen LogP contribution is 2.72. The zero-order valence-electron chi connectivity index (χ0n) is 54.9. The van der Waals surface area contributed by atoms with Gasteiger partial charge in [-0.2, -0.15) is 0 Å². The summed E-state index contributed by atoms with van der Waals surface area (Å²) < 4.78 is 9.11. The van der Waals surface area contributed by atoms with Gasteiger partial charge in [0.25, 0.3) is 0 Å². The van der Waals surface area contributed by atoms with Gasteiger partial charge in [-0.15, -0.1) is 11.3 Å². The second-order valence-corrected chi connectivity index (χ2v) is 32.3. The Labute approximate surface area is 575 Å². The predicted molar refractivity (Wildman–Crippen MR) is 411 cm³/mol. The molecule has 0 radical (unpaired) electrons. The van der Waals surface area contributed by atoms with E-state index in [9.17, 15) is 0 Å². The summed E-state index contributed by atoms with van der Waals surface area (Å²) in [6.45, 7) is 0. The molecule has 0 aliphatic heterocycles. The van der Waals surface area contributed by atoms with Crippen LogP contribution in [0, 0.1) is 47.3 Å². The van der Waals surface area contributed by atoms with Crippen LogP contribution in [-0.4, -0.2) is 0 Å². The molecule has 8 bridgehead atoms. The number of benzene rings is 14. The first-order valence-corrected chi connectivity index (χ1v) is 37.5. The van der Waals surface area contributed by atoms with Gasteiger partial charge < -0.3 is 4.42 Å². The van der Waals surface area contributed by atoms with Crippen molar-refractivity contribution in [1.29, 1.82) is 0 Å². The summed E-state index contributed by atoms with van der Waals surface area (Å²) in [5.74, 6) is 6.80. The van der Waals surface area contributed by atoms with Crippen molar-refractivity contribution in [2.45, 2.75) is 75.0 Å². The van der Waals surface area contributed by atoms with Gasteiger partial charge in [-0.25, -0.2) is 0 Å². The molecule has 0 atom stereocenters. The lowest BCUT2D eigenvalue weighted by atomic mass is 9.43. The molecule has 16 aromatic rings. The van der Waals surface area contributed by atoms with Crippen LogP contribution < -0.4 is 0 Å². The van der Waals surface area contributed by atoms with Crippen molar-refractivity contribution in [1.82, 2.24) is 0 Å². The molecule has 0 unspecified atom stereocenters. The van der Waals surface area contributed by atoms with Crippen LogP contribution in [0.3, 0.4) is 0 Å². The summed E-state index contributed by atoms with van der Waals surface area (Å²) in [6.07, 6.45) is 14.2. The molecule has 2 heterocycles. The fourth-order valence-corrected chi connectivity index (χ4v) is 25.0. The largest absolute Gasteiger partial charge is 0.456 e. The first-order valence-electron chi connectivity index (χ1n) is 36.7. The topological polar surface area (TPSA) is 13.1 Å². The Morgan fingerprint density at radius 1 is 0.235 bits per heavy atom. The van der Waals surface area contributed by atoms with Crippen LogP contribution in [0.2, 0.25) is 0 Å². The van der Waals surface area contributed by atoms with E-state index in [0.717, 1.165) is 58.5 Å². The Bertz CT molecular complexity index is 5580. The quantitative estimate of drug-likeness (QED) is 0.160. The predicted octanol–water partition coefficient (Wildman–Crippen LogP) is 26.4. The highest BCUT2D eigenvalue weighted by molar-refractivity contribution is 7.25. The standard InChI is InChI=1S/C48H36O.C48H36S/c2*1-3-13-40-38(11-1)46(39-12-2-4-14-41(39)47(40)31-18-20-37-36-10-6-8-16-44(36)49-45(37)27-31)30-17-19-35-34-9-5-7-15-42(34)48(43(35)26-30)32-22-28-21-29(24-32)25-33(48)23-28/h2*1-20,26-29,32-33H,21-25H2. The number of para-hydroxylation sites is 1. The number of rotatable bonds is 4. The molecule has 10 aliphatic rings. The average Bonchev–Trinajstić information content (AvgIpc) is 1.48. The fourth-order valence-electron chi connectivity index (χ4n) is 23.9. The number of thiophene rings is 1. The van der Waals surface area contributed by atoms with Crippen LogP contribution in [-0.2, 0) is 10.8 Å². The zero-order valence-corrected chi connectivity index (χ0v) is 55.7. The van der Waals surface area contributed by atoms with Crippen LogP contribution in [0.15, 0.2) is 271 Å². The van der Waals surface area contributed by atoms with E-state index in [4.69, 9.17) is 4.42 Å². The molecular weight excluding hydrogens is 1200 g/mol. The van der Waals surface area contributed by atoms with Crippen LogP contribution in [0.25, 0.3) is 152 Å². The third kappa shape index (κ3) is 7.42. The molecule has 2 spiro atoms. The van der Waals surface area contributed by atoms with Crippen molar-refractivity contribution in [3.63, 3.8) is 0 Å². The molecule has 26 rings (SSSR count). The molecule has 468 valence electrons. The number of fused-ring (bicyclic) bond motifs is 16. The SMILES string of the molecule is c1ccc2c(c1)-c1ccc(-c3c4ccccc4c(-c4ccc5c(c4)oc4ccccc45)c4ccccc34)cc1C21C2CC3CC(C2)CC1C3.c1ccc2c(c1)-c1ccc(-c3c4ccccc4c(-c4ccc5c(c4)sc4ccccc45)c4ccccc34)cc1C21C2CC3CC(C2)CC1C3. The second-order valence-electron chi connectivity index (χ2n) is 31.3. The van der Waals surface area contributed by atoms with Gasteiger partial charge in [-0.1, -0.05) is 224 Å². The zero-order chi connectivity index (χ0) is 63.7. The van der Waals surface area contributed by atoms with Gasteiger partial charge in [0.1, 0.15) is 11.2 Å². The minimum absolute atomic E-state index is 0.156. The Balaban J connectivity index is 0.000000122. The van der Waals surface area contributed by atoms with Crippen molar-refractivity contribution in [2.24, 2.45) is 47.3 Å². The third-order valence-electron chi connectivity index (χ3n) is 26.9. The van der Waals surface area contributed by atoms with Crippen LogP contribution >= 0.6 is 11.3 Å². The lowest BCUT2D eigenvalue weighted by molar-refractivity contribution is -0.0399. The first-order chi connectivity index (χ1) is 48.5. The van der Waals surface area contributed by atoms with E-state index in [2.05, 4.69) is 261 Å². The van der Waals surface area contributed by atoms with Gasteiger partial charge in [0.15, 0.2) is 0 Å². The number of hydrogen-bond acceptors (Lipinski definition) is 2. The molecule has 8 fully saturated rings. The van der Waals surface area contributed by atoms with E-state index < -0.39 is 0 Å². The second kappa shape index (κ2) is 20.4. The molecule has 0 saturated heterocycles. The summed E-state index contributed by atoms with van der Waals surface area (Å²) in [4.78, 5) is 0. The van der Waals surface area contributed by atoms with E-state index in [1.165, 1.54) is 205 Å². The summed E-state index contributed by atoms with van der Waals surface area (Å²) >= 11 is 1.91. The molecule has 0 amide bonds. The molecule has 2 heteroatoms. The smallest absolute Gasteiger partial charge is 0.136 e. The molecule has 8 saturated carbocycles. The van der Waals surface area contributed by atoms with Gasteiger partial charge in [0.2, 0.25) is 0 Å². The summed E-state index contributed by atoms with van der Waals surface area (Å²) in [5, 5.41) is 15.6. The highest BCUT2D eigenvalue weighted by Gasteiger charge is 2.63. The van der Waals surface area contributed by atoms with E-state index in [-0.39, 0.29) is 10.8 Å². The van der Waals surface area contributed by atoms with Gasteiger partial charge >= 0.3 is 0 Å². The molecule has 1 nitrogen and oxygen atoms in total. The van der Waals surface area contributed by atoms with Crippen molar-refractivity contribution in [3.8, 4) is 66.8 Å². The van der Waals surface area contributed by atoms with E-state index in [0.29, 0.717) is 0 Å². The maximum Gasteiger partial charge on any atom is 0.136 e. The Kier molecular flexibility index (Phi) is 11.5. The monoisotopic (exact) mass is 1270 g/mol. The van der Waals surface area contributed by atoms with Crippen molar-refractivity contribution in [2.75, 3.05) is 0 Å². The van der Waals surface area contributed by atoms with Crippen molar-refractivity contribution >= 4 is 96.5 Å². The molecule has 14 aromatic carbocycles. The number of hydrogen-bond donors (Lipinski definition) is 0. The first kappa shape index (κ1) is 55.2. The summed E-state index contributed by atoms with van der Waals surface area (Å²) in [5.41, 5.74) is 25.3. The van der Waals surface area contributed by atoms with Crippen LogP contribution in [0.4, 0.5) is 0 Å². The van der Waals surface area contributed by atoms with Crippen LogP contribution in [0.1, 0.15) is 86.5 Å². The Morgan fingerprint density at radius 2 is 0.551 bits per heavy atom. The van der Waals surface area contributed by atoms with Crippen molar-refractivity contribution in [3.05, 3.63) is 289 Å². The molecular formula is C96H72OS. The van der Waals surface area contributed by atoms with Gasteiger partial charge in [0.05, 0.1) is 0 Å². The van der Waals surface area contributed by atoms with Crippen molar-refractivity contribution < 1.29 is 4.42 Å². The van der Waals surface area contributed by atoms with E-state index >= 15 is 0 Å². The minimum Gasteiger partial charge on any atom is -0.456 e. The fraction of sp³-hybridized carbons (Fsp3) is 0.208. The maximum atomic E-state index is 6.40. The lowest BCUT2D eigenvalue weighted by Crippen LogP contribution is -2.55. The Hall–Kier alpha value is -9.86. The molecule has 2 aromatic heterocycles. The number of furan rings is 1. The maximum absolute atomic E-state index is 6.40. The minimum atomic E-state index is 0.156. The molecule has 98 heavy (non-hydrogen) atoms. The van der Waals surface area contributed by atoms with Gasteiger partial charge in [-0.3, -0.25) is 0 Å². The van der Waals surface area contributed by atoms with Gasteiger partial charge in [-0.05, 0) is 286 Å². The van der Waals surface area contributed by atoms with E-state index in [1.54, 1.807) is 22.3 Å². The average molecular weight is 1270 g/mol. The lowest BCUT2D eigenvalue weighted by Gasteiger charge is -2.61.